The summed E-state index contributed by atoms with van der Waals surface area (Å²) >= 11 is 1.18. The van der Waals surface area contributed by atoms with Crippen LogP contribution in [-0.2, 0) is 4.79 Å². The number of nitrogens with one attached hydrogen (secondary N) is 1. The number of aromatic nitrogens is 3. The first-order chi connectivity index (χ1) is 13.6. The zero-order chi connectivity index (χ0) is 19.8. The van der Waals surface area contributed by atoms with Gasteiger partial charge in [-0.15, -0.1) is 0 Å². The van der Waals surface area contributed by atoms with Crippen LogP contribution in [0.2, 0.25) is 0 Å². The highest BCUT2D eigenvalue weighted by Gasteiger charge is 2.07. The van der Waals surface area contributed by atoms with Crippen molar-refractivity contribution in [3.05, 3.63) is 76.6 Å². The minimum Gasteiger partial charge on any atom is -0.272 e. The Hall–Kier alpha value is -3.66. The molecule has 1 amide bonds. The van der Waals surface area contributed by atoms with Crippen LogP contribution in [0.15, 0.2) is 71.2 Å². The van der Waals surface area contributed by atoms with Crippen molar-refractivity contribution in [2.24, 2.45) is 5.10 Å². The van der Waals surface area contributed by atoms with E-state index in [1.54, 1.807) is 30.6 Å². The Morgan fingerprint density at radius 3 is 2.64 bits per heavy atom. The van der Waals surface area contributed by atoms with Crippen LogP contribution in [0.3, 0.4) is 0 Å². The van der Waals surface area contributed by atoms with E-state index in [4.69, 9.17) is 0 Å². The molecule has 10 heteroatoms. The molecular weight excluding hydrogens is 380 g/mol. The monoisotopic (exact) mass is 394 g/mol. The molecule has 0 fully saturated rings. The van der Waals surface area contributed by atoms with Gasteiger partial charge in [0.25, 0.3) is 11.6 Å². The number of nitro benzene ring substituents is 1. The molecule has 2 aromatic heterocycles. The minimum atomic E-state index is -0.481. The van der Waals surface area contributed by atoms with Gasteiger partial charge >= 0.3 is 0 Å². The predicted molar refractivity (Wildman–Crippen MR) is 105 cm³/mol. The smallest absolute Gasteiger partial charge is 0.269 e. The van der Waals surface area contributed by atoms with Crippen molar-refractivity contribution in [3.8, 4) is 11.4 Å². The summed E-state index contributed by atoms with van der Waals surface area (Å²) in [6, 6.07) is 13.1. The Bertz CT molecular complexity index is 996. The Labute approximate surface area is 164 Å². The molecule has 1 N–H and O–H groups in total. The van der Waals surface area contributed by atoms with E-state index < -0.39 is 4.92 Å². The Kier molecular flexibility index (Phi) is 6.37. The molecule has 1 aromatic carbocycles. The second kappa shape index (κ2) is 9.33. The van der Waals surface area contributed by atoms with E-state index >= 15 is 0 Å². The highest BCUT2D eigenvalue weighted by molar-refractivity contribution is 7.99. The summed E-state index contributed by atoms with van der Waals surface area (Å²) in [5.74, 6) is -0.237. The van der Waals surface area contributed by atoms with Crippen molar-refractivity contribution in [2.45, 2.75) is 5.16 Å². The molecule has 0 atom stereocenters. The van der Waals surface area contributed by atoms with Gasteiger partial charge in [-0.2, -0.15) is 5.10 Å². The van der Waals surface area contributed by atoms with Gasteiger partial charge in [0.15, 0.2) is 5.16 Å². The van der Waals surface area contributed by atoms with E-state index in [0.29, 0.717) is 16.4 Å². The van der Waals surface area contributed by atoms with E-state index in [1.165, 1.54) is 30.1 Å². The lowest BCUT2D eigenvalue weighted by molar-refractivity contribution is -0.384. The molecule has 0 unspecified atom stereocenters. The topological polar surface area (TPSA) is 123 Å². The minimum absolute atomic E-state index is 0.00878. The maximum Gasteiger partial charge on any atom is 0.269 e. The van der Waals surface area contributed by atoms with Gasteiger partial charge < -0.3 is 0 Å². The van der Waals surface area contributed by atoms with Crippen molar-refractivity contribution in [1.29, 1.82) is 0 Å². The Morgan fingerprint density at radius 2 is 1.93 bits per heavy atom. The first kappa shape index (κ1) is 19.1. The highest BCUT2D eigenvalue weighted by atomic mass is 32.2. The molecule has 140 valence electrons. The third-order valence-corrected chi connectivity index (χ3v) is 4.26. The SMILES string of the molecule is O=C(CSc1nccc(-c2ccccn2)n1)NN=Cc1ccc([N+](=O)[O-])cc1. The van der Waals surface area contributed by atoms with Gasteiger partial charge in [0.2, 0.25) is 0 Å². The molecule has 0 aliphatic carbocycles. The molecule has 3 rings (SSSR count). The fourth-order valence-electron chi connectivity index (χ4n) is 2.09. The Balaban J connectivity index is 1.51. The molecule has 0 bridgehead atoms. The lowest BCUT2D eigenvalue weighted by Crippen LogP contribution is -2.19. The van der Waals surface area contributed by atoms with Gasteiger partial charge in [-0.05, 0) is 35.9 Å². The summed E-state index contributed by atoms with van der Waals surface area (Å²) in [6.07, 6.45) is 4.70. The summed E-state index contributed by atoms with van der Waals surface area (Å²) in [4.78, 5) is 34.8. The van der Waals surface area contributed by atoms with Crippen LogP contribution in [0.1, 0.15) is 5.56 Å². The molecule has 0 spiro atoms. The number of non-ortho nitro benzene ring substituents is 1. The second-order valence-corrected chi connectivity index (χ2v) is 6.31. The van der Waals surface area contributed by atoms with Crippen LogP contribution in [0.4, 0.5) is 5.69 Å². The average Bonchev–Trinajstić information content (AvgIpc) is 2.73. The van der Waals surface area contributed by atoms with Crippen molar-refractivity contribution in [2.75, 3.05) is 5.75 Å². The van der Waals surface area contributed by atoms with Gasteiger partial charge in [-0.25, -0.2) is 15.4 Å². The number of amides is 1. The molecule has 0 saturated carbocycles. The lowest BCUT2D eigenvalue weighted by atomic mass is 10.2. The van der Waals surface area contributed by atoms with Crippen molar-refractivity contribution in [3.63, 3.8) is 0 Å². The number of hydrogen-bond acceptors (Lipinski definition) is 8. The number of benzene rings is 1. The number of thioether (sulfide) groups is 1. The third kappa shape index (κ3) is 5.42. The fraction of sp³-hybridized carbons (Fsp3) is 0.0556. The first-order valence-corrected chi connectivity index (χ1v) is 9.04. The van der Waals surface area contributed by atoms with Gasteiger partial charge in [-0.1, -0.05) is 17.8 Å². The quantitative estimate of drug-likeness (QED) is 0.215. The van der Waals surface area contributed by atoms with Gasteiger partial charge in [-0.3, -0.25) is 19.9 Å². The lowest BCUT2D eigenvalue weighted by Gasteiger charge is -2.03. The van der Waals surface area contributed by atoms with E-state index in [9.17, 15) is 14.9 Å². The first-order valence-electron chi connectivity index (χ1n) is 8.05. The van der Waals surface area contributed by atoms with Crippen LogP contribution in [-0.4, -0.2) is 37.7 Å². The number of pyridine rings is 1. The zero-order valence-electron chi connectivity index (χ0n) is 14.4. The second-order valence-electron chi connectivity index (χ2n) is 5.37. The van der Waals surface area contributed by atoms with Crippen LogP contribution in [0, 0.1) is 10.1 Å². The maximum atomic E-state index is 11.9. The maximum absolute atomic E-state index is 11.9. The van der Waals surface area contributed by atoms with Crippen molar-refractivity contribution < 1.29 is 9.72 Å². The summed E-state index contributed by atoms with van der Waals surface area (Å²) in [5, 5.41) is 14.9. The summed E-state index contributed by atoms with van der Waals surface area (Å²) < 4.78 is 0. The summed E-state index contributed by atoms with van der Waals surface area (Å²) in [5.41, 5.74) is 4.42. The molecule has 0 radical (unpaired) electrons. The summed E-state index contributed by atoms with van der Waals surface area (Å²) in [6.45, 7) is 0. The number of hydrogen-bond donors (Lipinski definition) is 1. The van der Waals surface area contributed by atoms with E-state index in [2.05, 4.69) is 25.5 Å². The predicted octanol–water partition coefficient (Wildman–Crippen LogP) is 2.69. The highest BCUT2D eigenvalue weighted by Crippen LogP contribution is 2.18. The van der Waals surface area contributed by atoms with Crippen LogP contribution >= 0.6 is 11.8 Å². The van der Waals surface area contributed by atoms with Crippen LogP contribution < -0.4 is 5.43 Å². The molecule has 3 aromatic rings. The van der Waals surface area contributed by atoms with Gasteiger partial charge in [0.05, 0.1) is 28.3 Å². The largest absolute Gasteiger partial charge is 0.272 e. The number of nitro groups is 1. The van der Waals surface area contributed by atoms with E-state index in [-0.39, 0.29) is 17.3 Å². The number of carbonyl (C=O) groups is 1. The molecular formula is C18H14N6O3S. The normalized spacial score (nSPS) is 10.7. The summed E-state index contributed by atoms with van der Waals surface area (Å²) in [7, 11) is 0. The number of hydrazone groups is 1. The number of carbonyl (C=O) groups excluding carboxylic acids is 1. The van der Waals surface area contributed by atoms with E-state index in [1.807, 2.05) is 18.2 Å². The van der Waals surface area contributed by atoms with Gasteiger partial charge in [0, 0.05) is 24.5 Å². The number of nitrogens with zero attached hydrogens (tertiary/aromatic N) is 5. The zero-order valence-corrected chi connectivity index (χ0v) is 15.2. The molecule has 0 saturated heterocycles. The van der Waals surface area contributed by atoms with Crippen LogP contribution in [0.5, 0.6) is 0 Å². The molecule has 0 aliphatic heterocycles. The van der Waals surface area contributed by atoms with Crippen LogP contribution in [0.25, 0.3) is 11.4 Å². The van der Waals surface area contributed by atoms with Crippen molar-refractivity contribution in [1.82, 2.24) is 20.4 Å². The fourth-order valence-corrected chi connectivity index (χ4v) is 2.71. The molecule has 0 aliphatic rings. The van der Waals surface area contributed by atoms with E-state index in [0.717, 1.165) is 5.69 Å². The molecule has 28 heavy (non-hydrogen) atoms. The molecule has 2 heterocycles. The third-order valence-electron chi connectivity index (χ3n) is 3.40. The van der Waals surface area contributed by atoms with Crippen molar-refractivity contribution >= 4 is 29.6 Å². The molecule has 9 nitrogen and oxygen atoms in total. The average molecular weight is 394 g/mol. The number of rotatable bonds is 7. The standard InChI is InChI=1S/C18H14N6O3S/c25-17(23-21-11-13-4-6-14(7-5-13)24(26)27)12-28-18-20-10-8-16(22-18)15-3-1-2-9-19-15/h1-11H,12H2,(H,23,25). The Morgan fingerprint density at radius 1 is 1.11 bits per heavy atom. The van der Waals surface area contributed by atoms with Gasteiger partial charge in [0.1, 0.15) is 0 Å².